The van der Waals surface area contributed by atoms with E-state index in [9.17, 15) is 4.79 Å². The van der Waals surface area contributed by atoms with Crippen molar-refractivity contribution in [2.45, 2.75) is 24.8 Å². The Morgan fingerprint density at radius 1 is 0.963 bits per heavy atom. The minimum absolute atomic E-state index is 0.0417. The molecule has 2 heterocycles. The van der Waals surface area contributed by atoms with E-state index >= 15 is 0 Å². The van der Waals surface area contributed by atoms with Gasteiger partial charge < -0.3 is 9.64 Å². The third kappa shape index (κ3) is 3.30. The van der Waals surface area contributed by atoms with Gasteiger partial charge in [-0.05, 0) is 49.2 Å². The summed E-state index contributed by atoms with van der Waals surface area (Å²) in [6.07, 6.45) is 4.48. The van der Waals surface area contributed by atoms with Crippen LogP contribution in [0.4, 0.5) is 0 Å². The first-order valence-corrected chi connectivity index (χ1v) is 9.30. The van der Waals surface area contributed by atoms with E-state index in [0.29, 0.717) is 24.6 Å². The van der Waals surface area contributed by atoms with Gasteiger partial charge in [0.05, 0.1) is 11.7 Å². The van der Waals surface area contributed by atoms with E-state index < -0.39 is 0 Å². The Kier molecular flexibility index (Phi) is 3.89. The molecule has 1 amide bonds. The van der Waals surface area contributed by atoms with Crippen molar-refractivity contribution >= 4 is 5.91 Å². The topological polar surface area (TPSA) is 60.2 Å². The summed E-state index contributed by atoms with van der Waals surface area (Å²) in [7, 11) is 0. The smallest absolute Gasteiger partial charge is 0.254 e. The fourth-order valence-corrected chi connectivity index (χ4v) is 3.30. The molecule has 1 aliphatic carbocycles. The number of nitrogens with zero attached hydrogens (tertiary/aromatic N) is 4. The van der Waals surface area contributed by atoms with Crippen molar-refractivity contribution in [2.75, 3.05) is 13.1 Å². The fraction of sp³-hybridized carbons (Fsp3) is 0.286. The summed E-state index contributed by atoms with van der Waals surface area (Å²) < 4.78 is 7.68. The van der Waals surface area contributed by atoms with Crippen LogP contribution in [0.15, 0.2) is 60.8 Å². The molecule has 0 unspecified atom stereocenters. The molecule has 27 heavy (non-hydrogen) atoms. The highest BCUT2D eigenvalue weighted by atomic mass is 16.5. The van der Waals surface area contributed by atoms with Crippen LogP contribution < -0.4 is 4.74 Å². The van der Waals surface area contributed by atoms with Crippen molar-refractivity contribution in [3.63, 3.8) is 0 Å². The number of carbonyl (C=O) groups is 1. The maximum Gasteiger partial charge on any atom is 0.254 e. The minimum Gasteiger partial charge on any atom is -0.457 e. The average Bonchev–Trinajstić information content (AvgIpc) is 3.40. The predicted octanol–water partition coefficient (Wildman–Crippen LogP) is 3.64. The molecule has 2 aromatic carbocycles. The predicted molar refractivity (Wildman–Crippen MR) is 99.9 cm³/mol. The van der Waals surface area contributed by atoms with Gasteiger partial charge in [-0.25, -0.2) is 4.68 Å². The van der Waals surface area contributed by atoms with Crippen LogP contribution in [0.2, 0.25) is 0 Å². The highest BCUT2D eigenvalue weighted by Crippen LogP contribution is 2.39. The molecular formula is C21H20N4O2. The van der Waals surface area contributed by atoms with Crippen LogP contribution in [0.1, 0.15) is 40.9 Å². The van der Waals surface area contributed by atoms with E-state index in [0.717, 1.165) is 17.2 Å². The zero-order chi connectivity index (χ0) is 18.2. The van der Waals surface area contributed by atoms with Crippen LogP contribution in [-0.4, -0.2) is 38.9 Å². The van der Waals surface area contributed by atoms with E-state index in [1.54, 1.807) is 0 Å². The number of amides is 1. The number of aromatic nitrogens is 3. The Hall–Kier alpha value is -3.15. The standard InChI is InChI=1S/C21H20N4O2/c26-21(16-8-10-19(11-9-16)27-18-4-2-1-3-5-18)24-12-17(13-24)25-14-20(22-23-25)15-6-7-15/h1-5,8-11,14-15,17H,6-7,12-13H2. The molecular weight excluding hydrogens is 340 g/mol. The van der Waals surface area contributed by atoms with Crippen molar-refractivity contribution in [1.82, 2.24) is 19.9 Å². The van der Waals surface area contributed by atoms with Gasteiger partial charge in [0, 0.05) is 30.8 Å². The van der Waals surface area contributed by atoms with Gasteiger partial charge in [0.2, 0.25) is 0 Å². The number of para-hydroxylation sites is 1. The van der Waals surface area contributed by atoms with Crippen molar-refractivity contribution in [3.05, 3.63) is 72.1 Å². The second-order valence-electron chi connectivity index (χ2n) is 7.20. The Morgan fingerprint density at radius 2 is 1.67 bits per heavy atom. The Labute approximate surface area is 157 Å². The lowest BCUT2D eigenvalue weighted by Crippen LogP contribution is -2.50. The average molecular weight is 360 g/mol. The highest BCUT2D eigenvalue weighted by molar-refractivity contribution is 5.94. The molecule has 1 aromatic heterocycles. The summed E-state index contributed by atoms with van der Waals surface area (Å²) in [6.45, 7) is 1.35. The van der Waals surface area contributed by atoms with Crippen molar-refractivity contribution in [1.29, 1.82) is 0 Å². The van der Waals surface area contributed by atoms with Gasteiger partial charge in [-0.1, -0.05) is 23.4 Å². The molecule has 5 rings (SSSR count). The van der Waals surface area contributed by atoms with Crippen molar-refractivity contribution < 1.29 is 9.53 Å². The second-order valence-corrected chi connectivity index (χ2v) is 7.20. The van der Waals surface area contributed by atoms with E-state index in [4.69, 9.17) is 4.74 Å². The molecule has 3 aromatic rings. The van der Waals surface area contributed by atoms with E-state index in [-0.39, 0.29) is 11.9 Å². The second kappa shape index (κ2) is 6.54. The maximum atomic E-state index is 12.6. The van der Waals surface area contributed by atoms with Crippen molar-refractivity contribution in [2.24, 2.45) is 0 Å². The van der Waals surface area contributed by atoms with Crippen LogP contribution in [-0.2, 0) is 0 Å². The monoisotopic (exact) mass is 360 g/mol. The number of rotatable bonds is 5. The van der Waals surface area contributed by atoms with Gasteiger partial charge >= 0.3 is 0 Å². The first-order chi connectivity index (χ1) is 13.3. The van der Waals surface area contributed by atoms with Gasteiger partial charge in [-0.15, -0.1) is 5.10 Å². The Balaban J connectivity index is 1.19. The van der Waals surface area contributed by atoms with Crippen LogP contribution in [0, 0.1) is 0 Å². The third-order valence-corrected chi connectivity index (χ3v) is 5.13. The summed E-state index contributed by atoms with van der Waals surface area (Å²) in [5.74, 6) is 2.14. The third-order valence-electron chi connectivity index (χ3n) is 5.13. The van der Waals surface area contributed by atoms with Crippen LogP contribution in [0.5, 0.6) is 11.5 Å². The summed E-state index contributed by atoms with van der Waals surface area (Å²) in [6, 6.07) is 17.1. The quantitative estimate of drug-likeness (QED) is 0.697. The van der Waals surface area contributed by atoms with Crippen LogP contribution in [0.3, 0.4) is 0 Å². The Morgan fingerprint density at radius 3 is 2.37 bits per heavy atom. The van der Waals surface area contributed by atoms with E-state index in [1.807, 2.05) is 70.4 Å². The molecule has 6 nitrogen and oxygen atoms in total. The van der Waals surface area contributed by atoms with E-state index in [2.05, 4.69) is 10.3 Å². The molecule has 136 valence electrons. The SMILES string of the molecule is O=C(c1ccc(Oc2ccccc2)cc1)N1CC(n2cc(C3CC3)nn2)C1. The number of likely N-dealkylation sites (tertiary alicyclic amines) is 1. The molecule has 1 saturated carbocycles. The normalized spacial score (nSPS) is 16.8. The summed E-state index contributed by atoms with van der Waals surface area (Å²) in [5, 5.41) is 8.48. The van der Waals surface area contributed by atoms with Gasteiger partial charge in [0.15, 0.2) is 0 Å². The Bertz CT molecular complexity index is 942. The summed E-state index contributed by atoms with van der Waals surface area (Å²) in [4.78, 5) is 14.5. The lowest BCUT2D eigenvalue weighted by atomic mass is 10.1. The highest BCUT2D eigenvalue weighted by Gasteiger charge is 2.34. The van der Waals surface area contributed by atoms with Crippen molar-refractivity contribution in [3.8, 4) is 11.5 Å². The van der Waals surface area contributed by atoms with Gasteiger partial charge in [-0.2, -0.15) is 0 Å². The molecule has 1 saturated heterocycles. The molecule has 2 fully saturated rings. The van der Waals surface area contributed by atoms with E-state index in [1.165, 1.54) is 12.8 Å². The van der Waals surface area contributed by atoms with Crippen LogP contribution in [0.25, 0.3) is 0 Å². The fourth-order valence-electron chi connectivity index (χ4n) is 3.30. The van der Waals surface area contributed by atoms with Gasteiger partial charge in [0.25, 0.3) is 5.91 Å². The number of hydrogen-bond donors (Lipinski definition) is 0. The first-order valence-electron chi connectivity index (χ1n) is 9.30. The van der Waals surface area contributed by atoms with Gasteiger partial charge in [0.1, 0.15) is 11.5 Å². The molecule has 0 spiro atoms. The minimum atomic E-state index is 0.0417. The first kappa shape index (κ1) is 16.1. The number of benzene rings is 2. The molecule has 6 heteroatoms. The summed E-state index contributed by atoms with van der Waals surface area (Å²) >= 11 is 0. The zero-order valence-electron chi connectivity index (χ0n) is 14.9. The number of hydrogen-bond acceptors (Lipinski definition) is 4. The summed E-state index contributed by atoms with van der Waals surface area (Å²) in [5.41, 5.74) is 1.76. The molecule has 0 atom stereocenters. The molecule has 0 N–H and O–H groups in total. The lowest BCUT2D eigenvalue weighted by Gasteiger charge is -2.38. The molecule has 0 bridgehead atoms. The van der Waals surface area contributed by atoms with Gasteiger partial charge in [-0.3, -0.25) is 4.79 Å². The zero-order valence-corrected chi connectivity index (χ0v) is 14.9. The lowest BCUT2D eigenvalue weighted by molar-refractivity contribution is 0.0498. The number of carbonyl (C=O) groups excluding carboxylic acids is 1. The van der Waals surface area contributed by atoms with Crippen LogP contribution >= 0.6 is 0 Å². The molecule has 2 aliphatic rings. The maximum absolute atomic E-state index is 12.6. The largest absolute Gasteiger partial charge is 0.457 e. The number of ether oxygens (including phenoxy) is 1. The molecule has 0 radical (unpaired) electrons. The molecule has 1 aliphatic heterocycles.